The van der Waals surface area contributed by atoms with Crippen molar-refractivity contribution in [3.63, 3.8) is 0 Å². The van der Waals surface area contributed by atoms with Crippen molar-refractivity contribution in [3.05, 3.63) is 59.1 Å². The molecule has 0 bridgehead atoms. The molecule has 0 unspecified atom stereocenters. The monoisotopic (exact) mass is 369 g/mol. The van der Waals surface area contributed by atoms with Crippen LogP contribution in [0, 0.1) is 0 Å². The molecule has 1 aliphatic rings. The van der Waals surface area contributed by atoms with Gasteiger partial charge in [-0.25, -0.2) is 4.98 Å². The molecule has 0 saturated carbocycles. The molecular formula is C19H23N5OS. The van der Waals surface area contributed by atoms with Crippen LogP contribution in [0.1, 0.15) is 35.2 Å². The Morgan fingerprint density at radius 1 is 1.19 bits per heavy atom. The lowest BCUT2D eigenvalue weighted by molar-refractivity contribution is 0.194. The van der Waals surface area contributed by atoms with Crippen molar-refractivity contribution in [3.8, 4) is 5.19 Å². The van der Waals surface area contributed by atoms with Crippen molar-refractivity contribution < 1.29 is 4.74 Å². The van der Waals surface area contributed by atoms with Crippen molar-refractivity contribution in [2.45, 2.75) is 31.8 Å². The van der Waals surface area contributed by atoms with Crippen molar-refractivity contribution in [1.82, 2.24) is 24.6 Å². The van der Waals surface area contributed by atoms with E-state index in [0.29, 0.717) is 11.1 Å². The molecule has 0 aliphatic carbocycles. The first-order valence-corrected chi connectivity index (χ1v) is 9.77. The van der Waals surface area contributed by atoms with Gasteiger partial charge in [-0.15, -0.1) is 10.2 Å². The minimum atomic E-state index is 0.456. The number of hydrogen-bond donors (Lipinski definition) is 0. The van der Waals surface area contributed by atoms with Gasteiger partial charge in [-0.1, -0.05) is 41.7 Å². The van der Waals surface area contributed by atoms with E-state index < -0.39 is 0 Å². The van der Waals surface area contributed by atoms with Gasteiger partial charge in [0.25, 0.3) is 5.19 Å². The molecule has 0 radical (unpaired) electrons. The number of ether oxygens (including phenoxy) is 1. The number of likely N-dealkylation sites (tertiary alicyclic amines) is 1. The molecule has 3 heterocycles. The minimum Gasteiger partial charge on any atom is -0.472 e. The summed E-state index contributed by atoms with van der Waals surface area (Å²) in [5.74, 6) is 1.64. The second kappa shape index (κ2) is 7.97. The molecule has 0 spiro atoms. The maximum atomic E-state index is 5.15. The van der Waals surface area contributed by atoms with Crippen LogP contribution >= 0.6 is 11.3 Å². The Balaban J connectivity index is 1.44. The number of imidazole rings is 1. The smallest absolute Gasteiger partial charge is 0.293 e. The first-order chi connectivity index (χ1) is 12.8. The summed E-state index contributed by atoms with van der Waals surface area (Å²) in [7, 11) is 1.63. The molecule has 136 valence electrons. The third kappa shape index (κ3) is 3.94. The predicted octanol–water partition coefficient (Wildman–Crippen LogP) is 3.17. The third-order valence-electron chi connectivity index (χ3n) is 4.80. The molecule has 4 rings (SSSR count). The highest BCUT2D eigenvalue weighted by Gasteiger charge is 2.25. The van der Waals surface area contributed by atoms with Crippen molar-refractivity contribution in [2.24, 2.45) is 0 Å². The summed E-state index contributed by atoms with van der Waals surface area (Å²) in [4.78, 5) is 7.14. The van der Waals surface area contributed by atoms with Crippen LogP contribution in [-0.2, 0) is 13.1 Å². The molecule has 6 nitrogen and oxygen atoms in total. The van der Waals surface area contributed by atoms with Gasteiger partial charge < -0.3 is 9.30 Å². The second-order valence-corrected chi connectivity index (χ2v) is 7.66. The van der Waals surface area contributed by atoms with E-state index in [1.807, 2.05) is 6.20 Å². The van der Waals surface area contributed by atoms with Gasteiger partial charge in [-0.05, 0) is 24.9 Å². The standard InChI is InChI=1S/C19H23N5OS/c1-25-19-22-21-17(26-19)14-23-10-5-8-16(13-23)18-20-9-11-24(18)12-15-6-3-2-4-7-15/h2-4,6-7,9,11,16H,5,8,10,12-14H2,1H3/t16-/m0/s1. The normalized spacial score (nSPS) is 18.1. The molecular weight excluding hydrogens is 346 g/mol. The Hall–Kier alpha value is -2.25. The first-order valence-electron chi connectivity index (χ1n) is 8.95. The molecule has 1 fully saturated rings. The predicted molar refractivity (Wildman–Crippen MR) is 101 cm³/mol. The van der Waals surface area contributed by atoms with Crippen molar-refractivity contribution >= 4 is 11.3 Å². The fourth-order valence-electron chi connectivity index (χ4n) is 3.58. The minimum absolute atomic E-state index is 0.456. The van der Waals surface area contributed by atoms with E-state index >= 15 is 0 Å². The second-order valence-electron chi connectivity index (χ2n) is 6.64. The quantitative estimate of drug-likeness (QED) is 0.668. The highest BCUT2D eigenvalue weighted by Crippen LogP contribution is 2.28. The summed E-state index contributed by atoms with van der Waals surface area (Å²) < 4.78 is 7.44. The summed E-state index contributed by atoms with van der Waals surface area (Å²) in [5, 5.41) is 9.90. The molecule has 1 aromatic carbocycles. The van der Waals surface area contributed by atoms with Crippen LogP contribution in [0.4, 0.5) is 0 Å². The fourth-order valence-corrected chi connectivity index (χ4v) is 4.28. The Morgan fingerprint density at radius 2 is 2.08 bits per heavy atom. The molecule has 7 heteroatoms. The average molecular weight is 369 g/mol. The average Bonchev–Trinajstić information content (AvgIpc) is 3.32. The van der Waals surface area contributed by atoms with Gasteiger partial charge in [-0.3, -0.25) is 4.90 Å². The Bertz CT molecular complexity index is 831. The van der Waals surface area contributed by atoms with Crippen LogP contribution in [0.15, 0.2) is 42.7 Å². The highest BCUT2D eigenvalue weighted by molar-refractivity contribution is 7.13. The van der Waals surface area contributed by atoms with E-state index in [1.54, 1.807) is 7.11 Å². The lowest BCUT2D eigenvalue weighted by atomic mass is 9.97. The van der Waals surface area contributed by atoms with Crippen molar-refractivity contribution in [2.75, 3.05) is 20.2 Å². The number of methoxy groups -OCH3 is 1. The fraction of sp³-hybridized carbons (Fsp3) is 0.421. The summed E-state index contributed by atoms with van der Waals surface area (Å²) >= 11 is 1.52. The van der Waals surface area contributed by atoms with E-state index in [0.717, 1.165) is 31.2 Å². The topological polar surface area (TPSA) is 56.1 Å². The van der Waals surface area contributed by atoms with E-state index in [4.69, 9.17) is 4.74 Å². The first kappa shape index (κ1) is 17.2. The molecule has 1 aliphatic heterocycles. The summed E-state index contributed by atoms with van der Waals surface area (Å²) in [6.07, 6.45) is 6.38. The van der Waals surface area contributed by atoms with Gasteiger partial charge in [0.05, 0.1) is 13.7 Å². The summed E-state index contributed by atoms with van der Waals surface area (Å²) in [6, 6.07) is 10.6. The van der Waals surface area contributed by atoms with Gasteiger partial charge in [0.2, 0.25) is 0 Å². The number of benzene rings is 1. The Kier molecular flexibility index (Phi) is 5.26. The van der Waals surface area contributed by atoms with E-state index in [1.165, 1.54) is 35.6 Å². The zero-order valence-corrected chi connectivity index (χ0v) is 15.7. The lowest BCUT2D eigenvalue weighted by Crippen LogP contribution is -2.35. The zero-order chi connectivity index (χ0) is 17.8. The molecule has 2 aromatic heterocycles. The molecule has 26 heavy (non-hydrogen) atoms. The molecule has 0 N–H and O–H groups in total. The number of hydrogen-bond acceptors (Lipinski definition) is 6. The highest BCUT2D eigenvalue weighted by atomic mass is 32.1. The van der Waals surface area contributed by atoms with E-state index in [-0.39, 0.29) is 0 Å². The largest absolute Gasteiger partial charge is 0.472 e. The molecule has 3 aromatic rings. The number of nitrogens with zero attached hydrogens (tertiary/aromatic N) is 5. The Labute approximate surface area is 157 Å². The SMILES string of the molecule is COc1nnc(CN2CCC[C@H](c3nccn3Cc3ccccc3)C2)s1. The molecule has 1 saturated heterocycles. The van der Waals surface area contributed by atoms with Gasteiger partial charge in [0, 0.05) is 31.4 Å². The van der Waals surface area contributed by atoms with Gasteiger partial charge in [-0.2, -0.15) is 0 Å². The summed E-state index contributed by atoms with van der Waals surface area (Å²) in [6.45, 7) is 3.81. The third-order valence-corrected chi connectivity index (χ3v) is 5.67. The number of rotatable bonds is 6. The zero-order valence-electron chi connectivity index (χ0n) is 14.9. The molecule has 1 atom stereocenters. The van der Waals surface area contributed by atoms with Crippen LogP contribution in [0.2, 0.25) is 0 Å². The van der Waals surface area contributed by atoms with Gasteiger partial charge >= 0.3 is 0 Å². The molecule has 0 amide bonds. The van der Waals surface area contributed by atoms with Crippen LogP contribution < -0.4 is 4.74 Å². The summed E-state index contributed by atoms with van der Waals surface area (Å²) in [5.41, 5.74) is 1.31. The van der Waals surface area contributed by atoms with E-state index in [2.05, 4.69) is 61.2 Å². The lowest BCUT2D eigenvalue weighted by Gasteiger charge is -2.32. The van der Waals surface area contributed by atoms with Gasteiger partial charge in [0.1, 0.15) is 10.8 Å². The maximum absolute atomic E-state index is 5.15. The van der Waals surface area contributed by atoms with Crippen LogP contribution in [0.3, 0.4) is 0 Å². The van der Waals surface area contributed by atoms with E-state index in [9.17, 15) is 0 Å². The van der Waals surface area contributed by atoms with Crippen molar-refractivity contribution in [1.29, 1.82) is 0 Å². The maximum Gasteiger partial charge on any atom is 0.293 e. The van der Waals surface area contributed by atoms with Crippen LogP contribution in [-0.4, -0.2) is 44.8 Å². The van der Waals surface area contributed by atoms with Crippen LogP contribution in [0.25, 0.3) is 0 Å². The Morgan fingerprint density at radius 3 is 2.88 bits per heavy atom. The number of aromatic nitrogens is 4. The van der Waals surface area contributed by atoms with Crippen LogP contribution in [0.5, 0.6) is 5.19 Å². The number of piperidine rings is 1. The van der Waals surface area contributed by atoms with Gasteiger partial charge in [0.15, 0.2) is 0 Å².